The summed E-state index contributed by atoms with van der Waals surface area (Å²) in [6.45, 7) is 9.14. The minimum absolute atomic E-state index is 0. The normalized spacial score (nSPS) is 11.8. The Morgan fingerprint density at radius 3 is 0.527 bits per heavy atom. The molecule has 0 radical (unpaired) electrons. The molecule has 4 aromatic carbocycles. The Labute approximate surface area is 616 Å². The molecule has 0 bridgehead atoms. The van der Waals surface area contributed by atoms with Crippen LogP contribution in [0.25, 0.3) is 21.5 Å². The predicted octanol–water partition coefficient (Wildman–Crippen LogP) is 27.2. The van der Waals surface area contributed by atoms with Gasteiger partial charge in [-0.15, -0.1) is 0 Å². The SMILES string of the molecule is CCCCCCCCCCCCCCCCc1cc2ccc(S(=O)(=O)[O-])cc2cc1CCCCCCCCCCCCCCCC.CCCCCCCCCCCCCCCCc1cc2ccc(S(=O)(=O)[O-])cc2cc1CCCCCCCCCCCCCCCC.[Ba+2]. The van der Waals surface area contributed by atoms with Crippen molar-refractivity contribution in [2.24, 2.45) is 0 Å². The number of benzene rings is 4. The molecule has 0 spiro atoms. The maximum absolute atomic E-state index is 11.7. The van der Waals surface area contributed by atoms with E-state index in [1.165, 1.54) is 394 Å². The van der Waals surface area contributed by atoms with Gasteiger partial charge in [-0.05, 0) is 119 Å². The van der Waals surface area contributed by atoms with Crippen molar-refractivity contribution in [2.45, 2.75) is 423 Å². The first kappa shape index (κ1) is 87.9. The van der Waals surface area contributed by atoms with Gasteiger partial charge >= 0.3 is 48.9 Å². The molecule has 0 atom stereocenters. The maximum atomic E-state index is 11.7. The van der Waals surface area contributed by atoms with Crippen molar-refractivity contribution in [3.8, 4) is 0 Å². The van der Waals surface area contributed by atoms with Gasteiger partial charge in [-0.25, -0.2) is 16.8 Å². The minimum Gasteiger partial charge on any atom is -0.744 e. The summed E-state index contributed by atoms with van der Waals surface area (Å²) in [5.41, 5.74) is 5.53. The maximum Gasteiger partial charge on any atom is 2.00 e. The van der Waals surface area contributed by atoms with E-state index in [-0.39, 0.29) is 58.7 Å². The van der Waals surface area contributed by atoms with Gasteiger partial charge in [0.25, 0.3) is 0 Å². The van der Waals surface area contributed by atoms with Crippen LogP contribution < -0.4 is 0 Å². The smallest absolute Gasteiger partial charge is 0.744 e. The fourth-order valence-corrected chi connectivity index (χ4v) is 15.0. The summed E-state index contributed by atoms with van der Waals surface area (Å²) in [6.07, 6.45) is 80.7. The second-order valence-electron chi connectivity index (χ2n) is 28.6. The predicted molar refractivity (Wildman–Crippen MR) is 406 cm³/mol. The van der Waals surface area contributed by atoms with Crippen LogP contribution in [0, 0.1) is 0 Å². The Hall–Kier alpha value is -1.21. The fraction of sp³-hybridized carbons (Fsp3) is 0.762. The number of rotatable bonds is 62. The van der Waals surface area contributed by atoms with Crippen LogP contribution >= 0.6 is 0 Å². The summed E-state index contributed by atoms with van der Waals surface area (Å²) in [5, 5.41) is 3.83. The van der Waals surface area contributed by atoms with Crippen molar-refractivity contribution in [1.82, 2.24) is 0 Å². The first-order valence-electron chi connectivity index (χ1n) is 39.9. The molecule has 0 saturated carbocycles. The van der Waals surface area contributed by atoms with Crippen LogP contribution in [0.5, 0.6) is 0 Å². The summed E-state index contributed by atoms with van der Waals surface area (Å²) in [7, 11) is -8.89. The van der Waals surface area contributed by atoms with E-state index >= 15 is 0 Å². The van der Waals surface area contributed by atoms with E-state index < -0.39 is 20.2 Å². The third-order valence-electron chi connectivity index (χ3n) is 20.0. The van der Waals surface area contributed by atoms with Crippen LogP contribution in [0.3, 0.4) is 0 Å². The largest absolute Gasteiger partial charge is 2.00 e. The van der Waals surface area contributed by atoms with Gasteiger partial charge in [-0.3, -0.25) is 0 Å². The van der Waals surface area contributed by atoms with Gasteiger partial charge in [0.05, 0.1) is 9.79 Å². The third-order valence-corrected chi connectivity index (χ3v) is 21.7. The van der Waals surface area contributed by atoms with Gasteiger partial charge in [-0.2, -0.15) is 0 Å². The molecular weight excluding hydrogens is 1310 g/mol. The molecule has 4 aromatic rings. The molecule has 93 heavy (non-hydrogen) atoms. The summed E-state index contributed by atoms with van der Waals surface area (Å²) in [6, 6.07) is 18.6. The van der Waals surface area contributed by atoms with E-state index in [4.69, 9.17) is 0 Å². The van der Waals surface area contributed by atoms with E-state index in [1.807, 2.05) is 12.1 Å². The van der Waals surface area contributed by atoms with Crippen molar-refractivity contribution in [1.29, 1.82) is 0 Å². The van der Waals surface area contributed by atoms with E-state index in [0.29, 0.717) is 0 Å². The summed E-state index contributed by atoms with van der Waals surface area (Å²) in [4.78, 5) is -0.246. The van der Waals surface area contributed by atoms with Crippen molar-refractivity contribution < 1.29 is 25.9 Å². The quantitative estimate of drug-likeness (QED) is 0.0247. The third kappa shape index (κ3) is 46.0. The van der Waals surface area contributed by atoms with Gasteiger partial charge in [-0.1, -0.05) is 398 Å². The van der Waals surface area contributed by atoms with Crippen LogP contribution in [0.2, 0.25) is 0 Å². The van der Waals surface area contributed by atoms with Crippen LogP contribution in [-0.4, -0.2) is 74.8 Å². The van der Waals surface area contributed by atoms with Gasteiger partial charge in [0, 0.05) is 0 Å². The van der Waals surface area contributed by atoms with Crippen molar-refractivity contribution in [2.75, 3.05) is 0 Å². The molecule has 6 nitrogen and oxygen atoms in total. The molecule has 0 N–H and O–H groups in total. The molecule has 0 heterocycles. The Morgan fingerprint density at radius 2 is 0.366 bits per heavy atom. The van der Waals surface area contributed by atoms with Gasteiger partial charge in [0.15, 0.2) is 0 Å². The monoisotopic (exact) mass is 1450 g/mol. The second-order valence-corrected chi connectivity index (χ2v) is 31.3. The number of fused-ring (bicyclic) bond motifs is 2. The molecule has 0 saturated heterocycles. The zero-order valence-electron chi connectivity index (χ0n) is 61.2. The molecule has 0 aliphatic carbocycles. The van der Waals surface area contributed by atoms with E-state index in [1.54, 1.807) is 12.1 Å². The van der Waals surface area contributed by atoms with Crippen LogP contribution in [0.1, 0.15) is 410 Å². The molecule has 0 amide bonds. The minimum atomic E-state index is -4.45. The van der Waals surface area contributed by atoms with Crippen molar-refractivity contribution in [3.05, 3.63) is 82.9 Å². The summed E-state index contributed by atoms with van der Waals surface area (Å²) < 4.78 is 69.9. The van der Waals surface area contributed by atoms with Crippen LogP contribution in [-0.2, 0) is 45.9 Å². The Kier molecular flexibility index (Phi) is 56.4. The topological polar surface area (TPSA) is 114 Å². The zero-order chi connectivity index (χ0) is 66.3. The standard InChI is InChI=1S/2C42H72O3S.Ba/c2*1-3-5-7-9-11-13-15-17-19-21-23-25-27-29-31-38-35-40-33-34-42(46(43,44)45)37-41(40)36-39(38)32-30-28-26-24-22-20-18-16-14-12-10-8-6-4-2;/h2*33-37H,3-32H2,1-2H3,(H,43,44,45);/q;;+2/p-2. The summed E-state index contributed by atoms with van der Waals surface area (Å²) >= 11 is 0. The molecule has 528 valence electrons. The first-order chi connectivity index (χ1) is 44.9. The Bertz CT molecular complexity index is 2430. The van der Waals surface area contributed by atoms with E-state index in [9.17, 15) is 25.9 Å². The van der Waals surface area contributed by atoms with Crippen LogP contribution in [0.15, 0.2) is 70.5 Å². The number of aryl methyl sites for hydroxylation is 4. The molecule has 0 aliphatic heterocycles. The van der Waals surface area contributed by atoms with E-state index in [2.05, 4.69) is 52.0 Å². The molecule has 4 rings (SSSR count). The van der Waals surface area contributed by atoms with Gasteiger partial charge in [0.2, 0.25) is 0 Å². The number of hydrogen-bond donors (Lipinski definition) is 0. The Morgan fingerprint density at radius 1 is 0.215 bits per heavy atom. The molecule has 0 fully saturated rings. The molecule has 0 unspecified atom stereocenters. The average Bonchev–Trinajstić information content (AvgIpc) is 0.842. The van der Waals surface area contributed by atoms with Crippen LogP contribution in [0.4, 0.5) is 0 Å². The molecule has 0 aliphatic rings. The molecule has 9 heteroatoms. The zero-order valence-corrected chi connectivity index (χ0v) is 67.2. The molecule has 0 aromatic heterocycles. The van der Waals surface area contributed by atoms with Crippen molar-refractivity contribution >= 4 is 90.7 Å². The second kappa shape index (κ2) is 59.6. The van der Waals surface area contributed by atoms with Gasteiger partial charge < -0.3 is 9.11 Å². The molecular formula is C84H142BaO6S2. The average molecular weight is 1450 g/mol. The Balaban J connectivity index is 0.000000627. The number of hydrogen-bond acceptors (Lipinski definition) is 6. The van der Waals surface area contributed by atoms with Crippen molar-refractivity contribution in [3.63, 3.8) is 0 Å². The fourth-order valence-electron chi connectivity index (χ4n) is 14.0. The first-order valence-corrected chi connectivity index (χ1v) is 42.8. The summed E-state index contributed by atoms with van der Waals surface area (Å²) in [5.74, 6) is 0. The number of unbranched alkanes of at least 4 members (excludes halogenated alkanes) is 52. The van der Waals surface area contributed by atoms with Gasteiger partial charge in [0.1, 0.15) is 20.2 Å². The van der Waals surface area contributed by atoms with E-state index in [0.717, 1.165) is 47.2 Å².